The molecule has 1 aliphatic rings. The number of aryl methyl sites for hydroxylation is 2. The summed E-state index contributed by atoms with van der Waals surface area (Å²) in [6.07, 6.45) is 4.30. The van der Waals surface area contributed by atoms with E-state index in [1.165, 1.54) is 37.3 Å². The number of nitrogens with one attached hydrogen (secondary N) is 1. The summed E-state index contributed by atoms with van der Waals surface area (Å²) < 4.78 is 40.5. The van der Waals surface area contributed by atoms with Crippen LogP contribution in [0, 0.1) is 13.8 Å². The minimum Gasteiger partial charge on any atom is -0.497 e. The van der Waals surface area contributed by atoms with Gasteiger partial charge in [0.2, 0.25) is 11.8 Å². The van der Waals surface area contributed by atoms with Crippen LogP contribution in [-0.4, -0.2) is 58.0 Å². The molecule has 2 amide bonds. The van der Waals surface area contributed by atoms with E-state index in [-0.39, 0.29) is 34.8 Å². The average molecular weight is 622 g/mol. The SMILES string of the molecule is CC[C@@H](C(=O)NC1CCCC1)N(Cc1ccc(C)cc1)C(=O)CN(c1cc(OC)ccc1OC)S(=O)(=O)c1ccc(C)cc1. The Bertz CT molecular complexity index is 1530. The summed E-state index contributed by atoms with van der Waals surface area (Å²) in [5, 5.41) is 3.14. The zero-order valence-corrected chi connectivity index (χ0v) is 27.0. The number of rotatable bonds is 13. The van der Waals surface area contributed by atoms with Gasteiger partial charge in [0.15, 0.2) is 0 Å². The van der Waals surface area contributed by atoms with E-state index in [9.17, 15) is 18.0 Å². The molecule has 3 aromatic rings. The molecule has 9 nitrogen and oxygen atoms in total. The first-order valence-corrected chi connectivity index (χ1v) is 16.5. The Morgan fingerprint density at radius 3 is 2.09 bits per heavy atom. The van der Waals surface area contributed by atoms with Crippen LogP contribution in [0.1, 0.15) is 55.7 Å². The van der Waals surface area contributed by atoms with E-state index in [4.69, 9.17) is 9.47 Å². The lowest BCUT2D eigenvalue weighted by Crippen LogP contribution is -2.53. The van der Waals surface area contributed by atoms with Crippen LogP contribution >= 0.6 is 0 Å². The van der Waals surface area contributed by atoms with Crippen LogP contribution in [0.15, 0.2) is 71.6 Å². The zero-order valence-electron chi connectivity index (χ0n) is 26.2. The normalized spacial score (nSPS) is 14.1. The van der Waals surface area contributed by atoms with Gasteiger partial charge in [0, 0.05) is 18.7 Å². The predicted octanol–water partition coefficient (Wildman–Crippen LogP) is 5.38. The summed E-state index contributed by atoms with van der Waals surface area (Å²) in [7, 11) is -1.34. The maximum atomic E-state index is 14.4. The number of amides is 2. The molecule has 0 saturated heterocycles. The smallest absolute Gasteiger partial charge is 0.264 e. The predicted molar refractivity (Wildman–Crippen MR) is 171 cm³/mol. The minimum absolute atomic E-state index is 0.0249. The van der Waals surface area contributed by atoms with Crippen LogP contribution in [0.25, 0.3) is 0 Å². The molecule has 4 rings (SSSR count). The molecule has 0 unspecified atom stereocenters. The van der Waals surface area contributed by atoms with Gasteiger partial charge in [-0.15, -0.1) is 0 Å². The highest BCUT2D eigenvalue weighted by atomic mass is 32.2. The first-order chi connectivity index (χ1) is 21.1. The highest BCUT2D eigenvalue weighted by Gasteiger charge is 2.35. The van der Waals surface area contributed by atoms with Crippen molar-refractivity contribution in [3.05, 3.63) is 83.4 Å². The van der Waals surface area contributed by atoms with Crippen LogP contribution in [0.4, 0.5) is 5.69 Å². The molecule has 0 radical (unpaired) electrons. The molecule has 1 atom stereocenters. The third-order valence-corrected chi connectivity index (χ3v) is 9.88. The fraction of sp³-hybridized carbons (Fsp3) is 0.412. The lowest BCUT2D eigenvalue weighted by atomic mass is 10.1. The van der Waals surface area contributed by atoms with Crippen LogP contribution in [0.3, 0.4) is 0 Å². The van der Waals surface area contributed by atoms with Gasteiger partial charge in [0.1, 0.15) is 24.1 Å². The molecule has 0 aromatic heterocycles. The van der Waals surface area contributed by atoms with E-state index in [1.54, 1.807) is 24.3 Å². The summed E-state index contributed by atoms with van der Waals surface area (Å²) in [4.78, 5) is 29.6. The van der Waals surface area contributed by atoms with Crippen LogP contribution in [0.5, 0.6) is 11.5 Å². The van der Waals surface area contributed by atoms with E-state index in [2.05, 4.69) is 5.32 Å². The monoisotopic (exact) mass is 621 g/mol. The Morgan fingerprint density at radius 1 is 0.909 bits per heavy atom. The molecule has 0 heterocycles. The van der Waals surface area contributed by atoms with Crippen molar-refractivity contribution >= 4 is 27.5 Å². The standard InChI is InChI=1S/C34H43N3O6S/c1-6-30(34(39)35-27-9-7-8-10-27)36(22-26-15-11-24(2)12-16-26)33(38)23-37(31-21-28(42-4)17-20-32(31)43-5)44(40,41)29-18-13-25(3)14-19-29/h11-21,27,30H,6-10,22-23H2,1-5H3,(H,35,39)/t30-/m0/s1. The maximum absolute atomic E-state index is 14.4. The van der Waals surface area contributed by atoms with Gasteiger partial charge in [-0.3, -0.25) is 13.9 Å². The second-order valence-corrected chi connectivity index (χ2v) is 13.1. The topological polar surface area (TPSA) is 105 Å². The van der Waals surface area contributed by atoms with Crippen molar-refractivity contribution in [2.75, 3.05) is 25.1 Å². The number of ether oxygens (including phenoxy) is 2. The molecule has 0 spiro atoms. The molecule has 1 saturated carbocycles. The number of sulfonamides is 1. The third kappa shape index (κ3) is 7.72. The van der Waals surface area contributed by atoms with Gasteiger partial charge in [0.05, 0.1) is 24.8 Å². The first kappa shape index (κ1) is 32.9. The van der Waals surface area contributed by atoms with E-state index < -0.39 is 28.5 Å². The summed E-state index contributed by atoms with van der Waals surface area (Å²) in [6.45, 7) is 5.29. The first-order valence-electron chi connectivity index (χ1n) is 15.0. The number of benzene rings is 3. The lowest BCUT2D eigenvalue weighted by Gasteiger charge is -2.34. The highest BCUT2D eigenvalue weighted by Crippen LogP contribution is 2.36. The molecule has 1 fully saturated rings. The number of hydrogen-bond donors (Lipinski definition) is 1. The Hall–Kier alpha value is -4.05. The van der Waals surface area contributed by atoms with Gasteiger partial charge < -0.3 is 19.7 Å². The summed E-state index contributed by atoms with van der Waals surface area (Å²) in [6, 6.07) is 18.3. The van der Waals surface area contributed by atoms with Crippen molar-refractivity contribution in [3.63, 3.8) is 0 Å². The second kappa shape index (κ2) is 14.6. The van der Waals surface area contributed by atoms with Crippen LogP contribution in [0.2, 0.25) is 0 Å². The van der Waals surface area contributed by atoms with E-state index in [0.717, 1.165) is 46.7 Å². The molecule has 0 bridgehead atoms. The minimum atomic E-state index is -4.26. The molecule has 1 aliphatic carbocycles. The largest absolute Gasteiger partial charge is 0.497 e. The molecular weight excluding hydrogens is 578 g/mol. The number of anilines is 1. The van der Waals surface area contributed by atoms with E-state index in [0.29, 0.717) is 12.2 Å². The van der Waals surface area contributed by atoms with Gasteiger partial charge >= 0.3 is 0 Å². The molecule has 0 aliphatic heterocycles. The van der Waals surface area contributed by atoms with Crippen molar-refractivity contribution in [1.29, 1.82) is 0 Å². The molecule has 10 heteroatoms. The number of nitrogens with zero attached hydrogens (tertiary/aromatic N) is 2. The van der Waals surface area contributed by atoms with Crippen molar-refractivity contribution in [1.82, 2.24) is 10.2 Å². The quantitative estimate of drug-likeness (QED) is 0.275. The summed E-state index contributed by atoms with van der Waals surface area (Å²) in [5.74, 6) is -0.0899. The molecule has 44 heavy (non-hydrogen) atoms. The maximum Gasteiger partial charge on any atom is 0.264 e. The third-order valence-electron chi connectivity index (χ3n) is 8.10. The van der Waals surface area contributed by atoms with Gasteiger partial charge in [-0.1, -0.05) is 67.3 Å². The van der Waals surface area contributed by atoms with E-state index in [1.807, 2.05) is 45.0 Å². The van der Waals surface area contributed by atoms with E-state index >= 15 is 0 Å². The number of carbonyl (C=O) groups excluding carboxylic acids is 2. The Morgan fingerprint density at radius 2 is 1.52 bits per heavy atom. The van der Waals surface area contributed by atoms with Gasteiger partial charge in [-0.2, -0.15) is 0 Å². The summed E-state index contributed by atoms with van der Waals surface area (Å²) in [5.41, 5.74) is 2.95. The van der Waals surface area contributed by atoms with Gasteiger partial charge in [0.25, 0.3) is 10.0 Å². The zero-order chi connectivity index (χ0) is 31.9. The highest BCUT2D eigenvalue weighted by molar-refractivity contribution is 7.92. The fourth-order valence-electron chi connectivity index (χ4n) is 5.52. The summed E-state index contributed by atoms with van der Waals surface area (Å²) >= 11 is 0. The Kier molecular flexibility index (Phi) is 10.9. The molecule has 1 N–H and O–H groups in total. The average Bonchev–Trinajstić information content (AvgIpc) is 3.53. The fourth-order valence-corrected chi connectivity index (χ4v) is 6.94. The number of carbonyl (C=O) groups is 2. The molecule has 236 valence electrons. The van der Waals surface area contributed by atoms with Crippen molar-refractivity contribution in [2.45, 2.75) is 76.4 Å². The Balaban J connectivity index is 1.78. The van der Waals surface area contributed by atoms with Gasteiger partial charge in [-0.25, -0.2) is 8.42 Å². The van der Waals surface area contributed by atoms with Crippen LogP contribution < -0.4 is 19.1 Å². The van der Waals surface area contributed by atoms with Gasteiger partial charge in [-0.05, 0) is 62.9 Å². The van der Waals surface area contributed by atoms with Crippen molar-refractivity contribution in [2.24, 2.45) is 0 Å². The number of methoxy groups -OCH3 is 2. The van der Waals surface area contributed by atoms with Crippen molar-refractivity contribution < 1.29 is 27.5 Å². The number of hydrogen-bond acceptors (Lipinski definition) is 6. The lowest BCUT2D eigenvalue weighted by molar-refractivity contribution is -0.140. The molecule has 3 aromatic carbocycles. The Labute approximate surface area is 261 Å². The van der Waals surface area contributed by atoms with Crippen molar-refractivity contribution in [3.8, 4) is 11.5 Å². The second-order valence-electron chi connectivity index (χ2n) is 11.3. The van der Waals surface area contributed by atoms with Crippen LogP contribution in [-0.2, 0) is 26.2 Å². The molecular formula is C34H43N3O6S.